The van der Waals surface area contributed by atoms with Crippen molar-refractivity contribution in [3.63, 3.8) is 0 Å². The maximum atomic E-state index is 12.4. The Kier molecular flexibility index (Phi) is 4.32. The third-order valence-electron chi connectivity index (χ3n) is 2.93. The number of hydrogen-bond acceptors (Lipinski definition) is 2. The van der Waals surface area contributed by atoms with Gasteiger partial charge in [-0.25, -0.2) is 4.98 Å². The molecule has 0 aliphatic carbocycles. The number of hydrogen-bond donors (Lipinski definition) is 1. The first-order valence-electron chi connectivity index (χ1n) is 6.42. The highest BCUT2D eigenvalue weighted by Gasteiger charge is 2.29. The predicted octanol–water partition coefficient (Wildman–Crippen LogP) is 3.92. The van der Waals surface area contributed by atoms with Crippen LogP contribution in [0.5, 0.6) is 0 Å². The summed E-state index contributed by atoms with van der Waals surface area (Å²) in [7, 11) is 0. The van der Waals surface area contributed by atoms with E-state index in [0.29, 0.717) is 12.2 Å². The van der Waals surface area contributed by atoms with E-state index in [-0.39, 0.29) is 0 Å². The van der Waals surface area contributed by atoms with Crippen LogP contribution in [0.1, 0.15) is 24.7 Å². The number of aromatic nitrogens is 2. The number of nitrogens with zero attached hydrogens (tertiary/aromatic N) is 2. The second kappa shape index (κ2) is 5.98. The molecule has 0 saturated carbocycles. The van der Waals surface area contributed by atoms with Crippen molar-refractivity contribution in [2.45, 2.75) is 32.6 Å². The van der Waals surface area contributed by atoms with Gasteiger partial charge in [-0.3, -0.25) is 0 Å². The number of anilines is 1. The van der Waals surface area contributed by atoms with Gasteiger partial charge in [0.15, 0.2) is 0 Å². The van der Waals surface area contributed by atoms with Crippen LogP contribution in [0.3, 0.4) is 0 Å². The fraction of sp³-hybridized carbons (Fsp3) is 0.357. The van der Waals surface area contributed by atoms with E-state index in [1.807, 2.05) is 10.8 Å². The molecule has 0 spiro atoms. The van der Waals surface area contributed by atoms with Crippen LogP contribution < -0.4 is 5.32 Å². The molecule has 1 heterocycles. The molecule has 0 aliphatic heterocycles. The van der Waals surface area contributed by atoms with Crippen LogP contribution in [0.4, 0.5) is 18.9 Å². The van der Waals surface area contributed by atoms with Gasteiger partial charge in [0, 0.05) is 24.6 Å². The molecule has 0 amide bonds. The molecule has 0 fully saturated rings. The number of nitrogens with one attached hydrogen (secondary N) is 1. The zero-order valence-corrected chi connectivity index (χ0v) is 11.1. The third kappa shape index (κ3) is 3.53. The van der Waals surface area contributed by atoms with Gasteiger partial charge in [0.25, 0.3) is 0 Å². The second-order valence-corrected chi connectivity index (χ2v) is 4.47. The van der Waals surface area contributed by atoms with Gasteiger partial charge in [-0.1, -0.05) is 6.92 Å². The lowest BCUT2D eigenvalue weighted by Gasteiger charge is -2.10. The number of benzene rings is 1. The summed E-state index contributed by atoms with van der Waals surface area (Å²) in [5.74, 6) is 0.867. The van der Waals surface area contributed by atoms with Crippen LogP contribution in [0.2, 0.25) is 0 Å². The van der Waals surface area contributed by atoms with Crippen molar-refractivity contribution in [3.05, 3.63) is 48.0 Å². The zero-order valence-electron chi connectivity index (χ0n) is 11.1. The van der Waals surface area contributed by atoms with Gasteiger partial charge in [0.1, 0.15) is 5.82 Å². The summed E-state index contributed by atoms with van der Waals surface area (Å²) in [6, 6.07) is 4.99. The first-order valence-corrected chi connectivity index (χ1v) is 6.42. The van der Waals surface area contributed by atoms with Gasteiger partial charge in [-0.2, -0.15) is 13.2 Å². The normalized spacial score (nSPS) is 11.6. The summed E-state index contributed by atoms with van der Waals surface area (Å²) in [5, 5.41) is 3.07. The molecule has 0 bridgehead atoms. The van der Waals surface area contributed by atoms with Crippen LogP contribution in [-0.2, 0) is 19.3 Å². The molecule has 1 aromatic heterocycles. The lowest BCUT2D eigenvalue weighted by Crippen LogP contribution is -2.09. The second-order valence-electron chi connectivity index (χ2n) is 4.47. The fourth-order valence-corrected chi connectivity index (χ4v) is 1.91. The minimum absolute atomic E-state index is 0.484. The molecule has 1 aromatic carbocycles. The maximum Gasteiger partial charge on any atom is 0.416 e. The van der Waals surface area contributed by atoms with E-state index in [0.717, 1.165) is 30.9 Å². The van der Waals surface area contributed by atoms with Gasteiger partial charge < -0.3 is 9.88 Å². The Morgan fingerprint density at radius 3 is 2.50 bits per heavy atom. The van der Waals surface area contributed by atoms with Gasteiger partial charge >= 0.3 is 6.18 Å². The van der Waals surface area contributed by atoms with E-state index in [4.69, 9.17) is 0 Å². The lowest BCUT2D eigenvalue weighted by molar-refractivity contribution is -0.137. The summed E-state index contributed by atoms with van der Waals surface area (Å²) >= 11 is 0. The molecule has 2 aromatic rings. The molecule has 0 saturated heterocycles. The molecule has 1 N–H and O–H groups in total. The van der Waals surface area contributed by atoms with Gasteiger partial charge in [0.05, 0.1) is 12.1 Å². The number of rotatable bonds is 5. The summed E-state index contributed by atoms with van der Waals surface area (Å²) in [6.07, 6.45) is 0.326. The van der Waals surface area contributed by atoms with E-state index < -0.39 is 11.7 Å². The van der Waals surface area contributed by atoms with Gasteiger partial charge in [-0.05, 0) is 30.7 Å². The number of alkyl halides is 3. The van der Waals surface area contributed by atoms with Crippen LogP contribution in [0, 0.1) is 0 Å². The van der Waals surface area contributed by atoms with Crippen molar-refractivity contribution in [1.29, 1.82) is 0 Å². The SMILES string of the molecule is CCCn1ccnc1CNc1ccc(C(F)(F)F)cc1. The highest BCUT2D eigenvalue weighted by Crippen LogP contribution is 2.29. The Labute approximate surface area is 115 Å². The maximum absolute atomic E-state index is 12.4. The van der Waals surface area contributed by atoms with Crippen molar-refractivity contribution >= 4 is 5.69 Å². The van der Waals surface area contributed by atoms with Gasteiger partial charge in [-0.15, -0.1) is 0 Å². The van der Waals surface area contributed by atoms with E-state index in [1.165, 1.54) is 12.1 Å². The quantitative estimate of drug-likeness (QED) is 0.901. The summed E-state index contributed by atoms with van der Waals surface area (Å²) < 4.78 is 39.3. The molecule has 0 atom stereocenters. The minimum atomic E-state index is -4.30. The van der Waals surface area contributed by atoms with Gasteiger partial charge in [0.2, 0.25) is 0 Å². The van der Waals surface area contributed by atoms with Crippen LogP contribution in [0.15, 0.2) is 36.7 Å². The van der Waals surface area contributed by atoms with Crippen molar-refractivity contribution < 1.29 is 13.2 Å². The predicted molar refractivity (Wildman–Crippen MR) is 71.3 cm³/mol. The average molecular weight is 283 g/mol. The summed E-state index contributed by atoms with van der Waals surface area (Å²) in [4.78, 5) is 4.23. The monoisotopic (exact) mass is 283 g/mol. The molecule has 2 rings (SSSR count). The molecule has 0 aliphatic rings. The summed E-state index contributed by atoms with van der Waals surface area (Å²) in [6.45, 7) is 3.44. The Balaban J connectivity index is 1.99. The lowest BCUT2D eigenvalue weighted by atomic mass is 10.2. The smallest absolute Gasteiger partial charge is 0.378 e. The Hall–Kier alpha value is -1.98. The highest BCUT2D eigenvalue weighted by atomic mass is 19.4. The molecule has 0 radical (unpaired) electrons. The highest BCUT2D eigenvalue weighted by molar-refractivity contribution is 5.45. The Bertz CT molecular complexity index is 544. The number of halogens is 3. The molecular weight excluding hydrogens is 267 g/mol. The van der Waals surface area contributed by atoms with E-state index in [9.17, 15) is 13.2 Å². The number of aryl methyl sites for hydroxylation is 1. The topological polar surface area (TPSA) is 29.9 Å². The van der Waals surface area contributed by atoms with E-state index in [1.54, 1.807) is 6.20 Å². The van der Waals surface area contributed by atoms with E-state index >= 15 is 0 Å². The van der Waals surface area contributed by atoms with Crippen molar-refractivity contribution in [3.8, 4) is 0 Å². The standard InChI is InChI=1S/C14H16F3N3/c1-2-8-20-9-7-18-13(20)10-19-12-5-3-11(4-6-12)14(15,16)17/h3-7,9,19H,2,8,10H2,1H3. The van der Waals surface area contributed by atoms with E-state index in [2.05, 4.69) is 17.2 Å². The molecular formula is C14H16F3N3. The van der Waals surface area contributed by atoms with Crippen molar-refractivity contribution in [2.24, 2.45) is 0 Å². The molecule has 6 heteroatoms. The first kappa shape index (κ1) is 14.4. The molecule has 3 nitrogen and oxygen atoms in total. The molecule has 0 unspecified atom stereocenters. The summed E-state index contributed by atoms with van der Waals surface area (Å²) in [5.41, 5.74) is -0.000387. The Morgan fingerprint density at radius 1 is 1.20 bits per heavy atom. The third-order valence-corrected chi connectivity index (χ3v) is 2.93. The fourth-order valence-electron chi connectivity index (χ4n) is 1.91. The van der Waals surface area contributed by atoms with Crippen LogP contribution in [0.25, 0.3) is 0 Å². The zero-order chi connectivity index (χ0) is 14.6. The number of imidazole rings is 1. The Morgan fingerprint density at radius 2 is 1.90 bits per heavy atom. The molecule has 108 valence electrons. The first-order chi connectivity index (χ1) is 9.50. The average Bonchev–Trinajstić information content (AvgIpc) is 2.84. The largest absolute Gasteiger partial charge is 0.416 e. The van der Waals surface area contributed by atoms with Crippen LogP contribution in [-0.4, -0.2) is 9.55 Å². The van der Waals surface area contributed by atoms with Crippen molar-refractivity contribution in [1.82, 2.24) is 9.55 Å². The van der Waals surface area contributed by atoms with Crippen molar-refractivity contribution in [2.75, 3.05) is 5.32 Å². The molecule has 20 heavy (non-hydrogen) atoms. The minimum Gasteiger partial charge on any atom is -0.378 e. The van der Waals surface area contributed by atoms with Crippen LogP contribution >= 0.6 is 0 Å².